The Morgan fingerprint density at radius 1 is 1.62 bits per heavy atom. The molecule has 0 aromatic carbocycles. The van der Waals surface area contributed by atoms with Crippen LogP contribution < -0.4 is 4.72 Å². The number of nitrogens with one attached hydrogen (secondary N) is 2. The molecule has 0 aliphatic rings. The van der Waals surface area contributed by atoms with Crippen LogP contribution in [0.4, 0.5) is 5.82 Å². The normalized spacial score (nSPS) is 11.8. The van der Waals surface area contributed by atoms with E-state index in [1.165, 1.54) is 13.2 Å². The van der Waals surface area contributed by atoms with Gasteiger partial charge in [-0.3, -0.25) is 9.82 Å². The van der Waals surface area contributed by atoms with E-state index in [0.29, 0.717) is 0 Å². The smallest absolute Gasteiger partial charge is 0.261 e. The minimum absolute atomic E-state index is 0.0787. The highest BCUT2D eigenvalue weighted by molar-refractivity contribution is 7.90. The van der Waals surface area contributed by atoms with Gasteiger partial charge in [0.1, 0.15) is 11.6 Å². The summed E-state index contributed by atoms with van der Waals surface area (Å²) < 4.78 is 26.9. The maximum Gasteiger partial charge on any atom is 0.302 e. The number of aromatic amines is 1. The quantitative estimate of drug-likeness (QED) is 0.792. The summed E-state index contributed by atoms with van der Waals surface area (Å²) in [5.74, 6) is 0.0787. The van der Waals surface area contributed by atoms with Gasteiger partial charge in [0.15, 0.2) is 5.82 Å². The summed E-state index contributed by atoms with van der Waals surface area (Å²) >= 11 is 0. The molecule has 0 fully saturated rings. The van der Waals surface area contributed by atoms with Crippen molar-refractivity contribution in [1.29, 1.82) is 5.26 Å². The molecule has 0 aliphatic heterocycles. The van der Waals surface area contributed by atoms with Gasteiger partial charge in [-0.15, -0.1) is 0 Å². The number of aromatic nitrogens is 2. The Kier molecular flexibility index (Phi) is 3.51. The number of H-pyrrole nitrogens is 1. The van der Waals surface area contributed by atoms with Gasteiger partial charge in [-0.2, -0.15) is 23.1 Å². The van der Waals surface area contributed by atoms with Crippen LogP contribution in [0.25, 0.3) is 0 Å². The summed E-state index contributed by atoms with van der Waals surface area (Å²) in [5, 5.41) is 14.7. The zero-order valence-corrected chi connectivity index (χ0v) is 10.0. The zero-order valence-electron chi connectivity index (χ0n) is 9.22. The molecule has 0 unspecified atom stereocenters. The van der Waals surface area contributed by atoms with E-state index in [0.717, 1.165) is 4.31 Å². The zero-order chi connectivity index (χ0) is 12.3. The number of rotatable bonds is 4. The molecule has 2 N–H and O–H groups in total. The molecule has 0 saturated carbocycles. The number of nitriles is 1. The summed E-state index contributed by atoms with van der Waals surface area (Å²) in [6, 6.07) is 1.65. The van der Waals surface area contributed by atoms with Crippen molar-refractivity contribution in [1.82, 2.24) is 14.5 Å². The predicted molar refractivity (Wildman–Crippen MR) is 58.7 cm³/mol. The van der Waals surface area contributed by atoms with Gasteiger partial charge < -0.3 is 0 Å². The molecule has 1 rings (SSSR count). The van der Waals surface area contributed by atoms with Gasteiger partial charge >= 0.3 is 10.2 Å². The first-order valence-electron chi connectivity index (χ1n) is 4.57. The minimum atomic E-state index is -3.65. The van der Waals surface area contributed by atoms with E-state index >= 15 is 0 Å². The monoisotopic (exact) mass is 243 g/mol. The first-order valence-corrected chi connectivity index (χ1v) is 6.01. The maximum atomic E-state index is 11.8. The second kappa shape index (κ2) is 4.51. The fourth-order valence-electron chi connectivity index (χ4n) is 0.927. The second-order valence-corrected chi connectivity index (χ2v) is 5.22. The van der Waals surface area contributed by atoms with E-state index in [9.17, 15) is 8.42 Å². The first-order chi connectivity index (χ1) is 7.38. The largest absolute Gasteiger partial charge is 0.302 e. The molecule has 0 spiro atoms. The Hall–Kier alpha value is -1.59. The molecule has 1 aromatic heterocycles. The third kappa shape index (κ3) is 2.50. The summed E-state index contributed by atoms with van der Waals surface area (Å²) in [6.45, 7) is 3.49. The Morgan fingerprint density at radius 2 is 2.25 bits per heavy atom. The number of anilines is 1. The third-order valence-corrected chi connectivity index (χ3v) is 3.74. The number of hydrogen-bond donors (Lipinski definition) is 2. The molecular formula is C8H13N5O2S. The number of nitrogens with zero attached hydrogens (tertiary/aromatic N) is 3. The lowest BCUT2D eigenvalue weighted by Gasteiger charge is -2.20. The highest BCUT2D eigenvalue weighted by Crippen LogP contribution is 2.13. The molecule has 1 heterocycles. The van der Waals surface area contributed by atoms with Gasteiger partial charge in [0.25, 0.3) is 0 Å². The molecule has 16 heavy (non-hydrogen) atoms. The topological polar surface area (TPSA) is 102 Å². The Balaban J connectivity index is 2.94. The van der Waals surface area contributed by atoms with E-state index in [-0.39, 0.29) is 17.4 Å². The van der Waals surface area contributed by atoms with Crippen LogP contribution in [0, 0.1) is 11.3 Å². The Bertz CT molecular complexity index is 499. The highest BCUT2D eigenvalue weighted by Gasteiger charge is 2.22. The number of hydrogen-bond acceptors (Lipinski definition) is 4. The Morgan fingerprint density at radius 3 is 2.75 bits per heavy atom. The molecule has 0 atom stereocenters. The van der Waals surface area contributed by atoms with Crippen molar-refractivity contribution in [3.63, 3.8) is 0 Å². The van der Waals surface area contributed by atoms with Crippen molar-refractivity contribution in [2.75, 3.05) is 11.8 Å². The SMILES string of the molecule is CC(C)N(C)S(=O)(=O)Nc1[nH]ncc1C#N. The van der Waals surface area contributed by atoms with E-state index < -0.39 is 10.2 Å². The van der Waals surface area contributed by atoms with Crippen LogP contribution >= 0.6 is 0 Å². The molecule has 0 bridgehead atoms. The summed E-state index contributed by atoms with van der Waals surface area (Å²) in [7, 11) is -2.20. The van der Waals surface area contributed by atoms with Crippen molar-refractivity contribution in [2.45, 2.75) is 19.9 Å². The van der Waals surface area contributed by atoms with Crippen LogP contribution in [-0.2, 0) is 10.2 Å². The molecule has 7 nitrogen and oxygen atoms in total. The van der Waals surface area contributed by atoms with Crippen LogP contribution in [0.1, 0.15) is 19.4 Å². The van der Waals surface area contributed by atoms with Crippen LogP contribution in [-0.4, -0.2) is 36.0 Å². The molecular weight excluding hydrogens is 230 g/mol. The fourth-order valence-corrected chi connectivity index (χ4v) is 2.04. The lowest BCUT2D eigenvalue weighted by molar-refractivity contribution is 0.414. The van der Waals surface area contributed by atoms with Crippen molar-refractivity contribution in [3.05, 3.63) is 11.8 Å². The van der Waals surface area contributed by atoms with Crippen LogP contribution in [0.15, 0.2) is 6.20 Å². The lowest BCUT2D eigenvalue weighted by atomic mass is 10.4. The van der Waals surface area contributed by atoms with Crippen molar-refractivity contribution in [3.8, 4) is 6.07 Å². The van der Waals surface area contributed by atoms with Gasteiger partial charge in [0, 0.05) is 13.1 Å². The van der Waals surface area contributed by atoms with E-state index in [1.807, 2.05) is 6.07 Å². The van der Waals surface area contributed by atoms with Crippen molar-refractivity contribution < 1.29 is 8.42 Å². The molecule has 8 heteroatoms. The fraction of sp³-hybridized carbons (Fsp3) is 0.500. The Labute approximate surface area is 94.3 Å². The van der Waals surface area contributed by atoms with E-state index in [2.05, 4.69) is 14.9 Å². The minimum Gasteiger partial charge on any atom is -0.261 e. The van der Waals surface area contributed by atoms with Gasteiger partial charge in [-0.1, -0.05) is 0 Å². The molecule has 0 aliphatic carbocycles. The predicted octanol–water partition coefficient (Wildman–Crippen LogP) is 0.278. The van der Waals surface area contributed by atoms with Crippen molar-refractivity contribution in [2.24, 2.45) is 0 Å². The van der Waals surface area contributed by atoms with Gasteiger partial charge in [-0.05, 0) is 13.8 Å². The van der Waals surface area contributed by atoms with Gasteiger partial charge in [0.05, 0.1) is 6.20 Å². The molecule has 1 aromatic rings. The molecule has 0 amide bonds. The third-order valence-electron chi connectivity index (χ3n) is 2.10. The second-order valence-electron chi connectivity index (χ2n) is 3.49. The summed E-state index contributed by atoms with van der Waals surface area (Å²) in [5.41, 5.74) is 0.153. The van der Waals surface area contributed by atoms with Crippen LogP contribution in [0.5, 0.6) is 0 Å². The first kappa shape index (κ1) is 12.5. The lowest BCUT2D eigenvalue weighted by Crippen LogP contribution is -2.37. The average molecular weight is 243 g/mol. The maximum absolute atomic E-state index is 11.8. The van der Waals surface area contributed by atoms with Gasteiger partial charge in [-0.25, -0.2) is 0 Å². The van der Waals surface area contributed by atoms with Crippen LogP contribution in [0.2, 0.25) is 0 Å². The average Bonchev–Trinajstić information content (AvgIpc) is 2.63. The molecule has 0 saturated heterocycles. The van der Waals surface area contributed by atoms with Crippen molar-refractivity contribution >= 4 is 16.0 Å². The molecule has 88 valence electrons. The summed E-state index contributed by atoms with van der Waals surface area (Å²) in [4.78, 5) is 0. The standard InChI is InChI=1S/C8H13N5O2S/c1-6(2)13(3)16(14,15)12-8-7(4-9)5-10-11-8/h5-6H,1-3H3,(H2,10,11,12). The van der Waals surface area contributed by atoms with E-state index in [1.54, 1.807) is 13.8 Å². The highest BCUT2D eigenvalue weighted by atomic mass is 32.2. The van der Waals surface area contributed by atoms with E-state index in [4.69, 9.17) is 5.26 Å². The van der Waals surface area contributed by atoms with Gasteiger partial charge in [0.2, 0.25) is 0 Å². The van der Waals surface area contributed by atoms with Crippen LogP contribution in [0.3, 0.4) is 0 Å². The molecule has 0 radical (unpaired) electrons. The summed E-state index contributed by atoms with van der Waals surface area (Å²) in [6.07, 6.45) is 1.26.